The van der Waals surface area contributed by atoms with Gasteiger partial charge in [0.1, 0.15) is 0 Å². The first-order valence-electron chi connectivity index (χ1n) is 5.25. The SMILES string of the molecule is Cc1cc(-c2cnc3c(c2)C=NC3)ccn1. The number of pyridine rings is 2. The zero-order valence-electron chi connectivity index (χ0n) is 9.01. The molecule has 0 spiro atoms. The fourth-order valence-corrected chi connectivity index (χ4v) is 1.87. The van der Waals surface area contributed by atoms with Crippen molar-refractivity contribution in [3.63, 3.8) is 0 Å². The summed E-state index contributed by atoms with van der Waals surface area (Å²) in [5, 5.41) is 0. The van der Waals surface area contributed by atoms with Crippen LogP contribution in [0.2, 0.25) is 0 Å². The summed E-state index contributed by atoms with van der Waals surface area (Å²) >= 11 is 0. The fourth-order valence-electron chi connectivity index (χ4n) is 1.87. The molecule has 0 saturated carbocycles. The molecule has 0 aliphatic carbocycles. The molecule has 0 aromatic carbocycles. The highest BCUT2D eigenvalue weighted by molar-refractivity contribution is 5.85. The van der Waals surface area contributed by atoms with Gasteiger partial charge in [-0.15, -0.1) is 0 Å². The van der Waals surface area contributed by atoms with Crippen molar-refractivity contribution in [2.75, 3.05) is 0 Å². The number of rotatable bonds is 1. The first-order valence-corrected chi connectivity index (χ1v) is 5.25. The van der Waals surface area contributed by atoms with E-state index >= 15 is 0 Å². The summed E-state index contributed by atoms with van der Waals surface area (Å²) in [6.07, 6.45) is 5.62. The zero-order valence-corrected chi connectivity index (χ0v) is 9.01. The second kappa shape index (κ2) is 3.52. The van der Waals surface area contributed by atoms with Gasteiger partial charge in [0, 0.05) is 35.4 Å². The molecule has 2 aromatic heterocycles. The Morgan fingerprint density at radius 3 is 2.94 bits per heavy atom. The van der Waals surface area contributed by atoms with Gasteiger partial charge < -0.3 is 0 Å². The number of fused-ring (bicyclic) bond motifs is 1. The Hall–Kier alpha value is -2.03. The summed E-state index contributed by atoms with van der Waals surface area (Å²) in [7, 11) is 0. The highest BCUT2D eigenvalue weighted by Gasteiger charge is 2.09. The Kier molecular flexibility index (Phi) is 2.03. The monoisotopic (exact) mass is 209 g/mol. The first kappa shape index (κ1) is 9.21. The van der Waals surface area contributed by atoms with Crippen LogP contribution in [0.5, 0.6) is 0 Å². The lowest BCUT2D eigenvalue weighted by atomic mass is 10.1. The maximum Gasteiger partial charge on any atom is 0.0818 e. The Morgan fingerprint density at radius 2 is 2.06 bits per heavy atom. The van der Waals surface area contributed by atoms with E-state index in [4.69, 9.17) is 0 Å². The van der Waals surface area contributed by atoms with Gasteiger partial charge in [-0.3, -0.25) is 15.0 Å². The lowest BCUT2D eigenvalue weighted by Crippen LogP contribution is -1.91. The van der Waals surface area contributed by atoms with Crippen LogP contribution in [0.1, 0.15) is 17.0 Å². The molecule has 0 unspecified atom stereocenters. The van der Waals surface area contributed by atoms with Gasteiger partial charge in [-0.2, -0.15) is 0 Å². The molecule has 0 bridgehead atoms. The molecule has 16 heavy (non-hydrogen) atoms. The number of nitrogens with zero attached hydrogens (tertiary/aromatic N) is 3. The number of hydrogen-bond donors (Lipinski definition) is 0. The van der Waals surface area contributed by atoms with Gasteiger partial charge in [0.2, 0.25) is 0 Å². The lowest BCUT2D eigenvalue weighted by Gasteiger charge is -2.04. The minimum absolute atomic E-state index is 0.713. The van der Waals surface area contributed by atoms with Crippen molar-refractivity contribution in [2.45, 2.75) is 13.5 Å². The van der Waals surface area contributed by atoms with Crippen molar-refractivity contribution in [1.29, 1.82) is 0 Å². The molecule has 0 saturated heterocycles. The molecule has 78 valence electrons. The van der Waals surface area contributed by atoms with E-state index in [1.165, 1.54) is 0 Å². The maximum absolute atomic E-state index is 4.42. The summed E-state index contributed by atoms with van der Waals surface area (Å²) in [6, 6.07) is 6.20. The van der Waals surface area contributed by atoms with Crippen LogP contribution in [0.4, 0.5) is 0 Å². The Morgan fingerprint density at radius 1 is 1.12 bits per heavy atom. The topological polar surface area (TPSA) is 38.1 Å². The van der Waals surface area contributed by atoms with E-state index in [0.29, 0.717) is 6.54 Å². The van der Waals surface area contributed by atoms with Crippen LogP contribution in [0.15, 0.2) is 35.6 Å². The van der Waals surface area contributed by atoms with Crippen LogP contribution < -0.4 is 0 Å². The third-order valence-corrected chi connectivity index (χ3v) is 2.71. The van der Waals surface area contributed by atoms with Crippen molar-refractivity contribution in [3.05, 3.63) is 47.5 Å². The van der Waals surface area contributed by atoms with Crippen LogP contribution in [-0.4, -0.2) is 16.2 Å². The molecule has 0 radical (unpaired) electrons. The predicted octanol–water partition coefficient (Wildman–Crippen LogP) is 2.38. The molecule has 0 amide bonds. The van der Waals surface area contributed by atoms with Crippen LogP contribution in [0.25, 0.3) is 11.1 Å². The van der Waals surface area contributed by atoms with Gasteiger partial charge >= 0.3 is 0 Å². The molecular formula is C13H11N3. The largest absolute Gasteiger partial charge is 0.286 e. The number of aliphatic imine (C=N–C) groups is 1. The maximum atomic E-state index is 4.42. The number of hydrogen-bond acceptors (Lipinski definition) is 3. The third-order valence-electron chi connectivity index (χ3n) is 2.71. The smallest absolute Gasteiger partial charge is 0.0818 e. The summed E-state index contributed by atoms with van der Waals surface area (Å²) in [4.78, 5) is 12.8. The minimum Gasteiger partial charge on any atom is -0.286 e. The lowest BCUT2D eigenvalue weighted by molar-refractivity contribution is 1.02. The normalized spacial score (nSPS) is 12.8. The highest BCUT2D eigenvalue weighted by atomic mass is 14.8. The molecule has 1 aliphatic heterocycles. The molecule has 3 rings (SSSR count). The van der Waals surface area contributed by atoms with Crippen LogP contribution in [0.3, 0.4) is 0 Å². The Bertz CT molecular complexity index is 573. The van der Waals surface area contributed by atoms with E-state index in [-0.39, 0.29) is 0 Å². The summed E-state index contributed by atoms with van der Waals surface area (Å²) < 4.78 is 0. The molecule has 0 atom stereocenters. The van der Waals surface area contributed by atoms with Crippen molar-refractivity contribution in [1.82, 2.24) is 9.97 Å². The average Bonchev–Trinajstić information content (AvgIpc) is 2.75. The highest BCUT2D eigenvalue weighted by Crippen LogP contribution is 2.22. The van der Waals surface area contributed by atoms with Crippen molar-refractivity contribution in [3.8, 4) is 11.1 Å². The molecule has 0 N–H and O–H groups in total. The van der Waals surface area contributed by atoms with Crippen molar-refractivity contribution in [2.24, 2.45) is 4.99 Å². The molecule has 2 aromatic rings. The molecule has 1 aliphatic rings. The van der Waals surface area contributed by atoms with Gasteiger partial charge in [-0.05, 0) is 30.7 Å². The quantitative estimate of drug-likeness (QED) is 0.723. The third kappa shape index (κ3) is 1.50. The first-order chi connectivity index (χ1) is 7.83. The van der Waals surface area contributed by atoms with Gasteiger partial charge in [0.25, 0.3) is 0 Å². The number of aromatic nitrogens is 2. The minimum atomic E-state index is 0.713. The second-order valence-electron chi connectivity index (χ2n) is 3.92. The van der Waals surface area contributed by atoms with E-state index in [0.717, 1.165) is 28.1 Å². The van der Waals surface area contributed by atoms with E-state index in [1.807, 2.05) is 31.6 Å². The average molecular weight is 209 g/mol. The van der Waals surface area contributed by atoms with Gasteiger partial charge in [-0.1, -0.05) is 0 Å². The molecular weight excluding hydrogens is 198 g/mol. The standard InChI is InChI=1S/C13H11N3/c1-9-4-10(2-3-15-9)11-5-12-6-14-8-13(12)16-7-11/h2-7H,8H2,1H3. The van der Waals surface area contributed by atoms with Crippen LogP contribution in [-0.2, 0) is 6.54 Å². The van der Waals surface area contributed by atoms with E-state index < -0.39 is 0 Å². The van der Waals surface area contributed by atoms with Crippen LogP contribution >= 0.6 is 0 Å². The Balaban J connectivity index is 2.10. The molecule has 3 nitrogen and oxygen atoms in total. The summed E-state index contributed by atoms with van der Waals surface area (Å²) in [5.74, 6) is 0. The van der Waals surface area contributed by atoms with Gasteiger partial charge in [-0.25, -0.2) is 0 Å². The zero-order chi connectivity index (χ0) is 11.0. The molecule has 3 heterocycles. The summed E-state index contributed by atoms with van der Waals surface area (Å²) in [6.45, 7) is 2.71. The predicted molar refractivity (Wildman–Crippen MR) is 63.5 cm³/mol. The van der Waals surface area contributed by atoms with Crippen molar-refractivity contribution >= 4 is 6.21 Å². The van der Waals surface area contributed by atoms with Gasteiger partial charge in [0.05, 0.1) is 12.2 Å². The summed E-state index contributed by atoms with van der Waals surface area (Å²) in [5.41, 5.74) is 5.49. The van der Waals surface area contributed by atoms with Crippen LogP contribution in [0, 0.1) is 6.92 Å². The van der Waals surface area contributed by atoms with E-state index in [9.17, 15) is 0 Å². The Labute approximate surface area is 93.9 Å². The van der Waals surface area contributed by atoms with E-state index in [2.05, 4.69) is 27.1 Å². The second-order valence-corrected chi connectivity index (χ2v) is 3.92. The van der Waals surface area contributed by atoms with Gasteiger partial charge in [0.15, 0.2) is 0 Å². The fraction of sp³-hybridized carbons (Fsp3) is 0.154. The van der Waals surface area contributed by atoms with Crippen molar-refractivity contribution < 1.29 is 0 Å². The van der Waals surface area contributed by atoms with E-state index in [1.54, 1.807) is 0 Å². The number of aryl methyl sites for hydroxylation is 1. The molecule has 0 fully saturated rings. The molecule has 3 heteroatoms.